The molecule has 29 atom stereocenters. The van der Waals surface area contributed by atoms with E-state index < -0.39 is 101 Å². The molecule has 13 aliphatic carbocycles. The number of carbonyl (C=O) groups is 24. The summed E-state index contributed by atoms with van der Waals surface area (Å²) < 4.78 is 67.7. The molecule has 716 valence electrons. The molecule has 0 aromatic heterocycles. The van der Waals surface area contributed by atoms with Crippen molar-refractivity contribution >= 4 is 143 Å². The van der Waals surface area contributed by atoms with Crippen molar-refractivity contribution in [2.75, 3.05) is 0 Å². The van der Waals surface area contributed by atoms with Crippen LogP contribution < -0.4 is 9.47 Å². The van der Waals surface area contributed by atoms with Gasteiger partial charge in [0.1, 0.15) is 28.4 Å². The summed E-state index contributed by atoms with van der Waals surface area (Å²) in [4.78, 5) is 281. The third-order valence-electron chi connectivity index (χ3n) is 36.4. The molecule has 7 saturated heterocycles. The van der Waals surface area contributed by atoms with Gasteiger partial charge in [-0.2, -0.15) is 0 Å². The molecule has 13 saturated carbocycles. The summed E-state index contributed by atoms with van der Waals surface area (Å²) >= 11 is 0. The average molecular weight is 1940 g/mol. The summed E-state index contributed by atoms with van der Waals surface area (Å²) in [5.74, 6) is -8.27. The minimum absolute atomic E-state index is 0.0126. The van der Waals surface area contributed by atoms with Crippen LogP contribution >= 0.6 is 0 Å². The highest BCUT2D eigenvalue weighted by molar-refractivity contribution is 6.19. The van der Waals surface area contributed by atoms with Crippen LogP contribution in [0.3, 0.4) is 0 Å². The summed E-state index contributed by atoms with van der Waals surface area (Å²) in [6.45, 7) is 1.56. The second-order valence-corrected chi connectivity index (χ2v) is 41.5. The van der Waals surface area contributed by atoms with Crippen LogP contribution in [-0.2, 0) is 129 Å². The maximum absolute atomic E-state index is 12.1. The van der Waals surface area contributed by atoms with E-state index in [4.69, 9.17) is 37.9 Å². The molecule has 32 rings (SSSR count). The first kappa shape index (κ1) is 86.0. The molecular weight excluding hydrogens is 1870 g/mol. The second-order valence-electron chi connectivity index (χ2n) is 41.5. The quantitative estimate of drug-likeness (QED) is 0.0628. The van der Waals surface area contributed by atoms with Gasteiger partial charge < -0.3 is 66.3 Å². The van der Waals surface area contributed by atoms with E-state index in [-0.39, 0.29) is 240 Å². The molecule has 29 unspecified atom stereocenters. The van der Waals surface area contributed by atoms with Gasteiger partial charge in [0.15, 0.2) is 0 Å². The van der Waals surface area contributed by atoms with Gasteiger partial charge in [0.05, 0.1) is 133 Å². The van der Waals surface area contributed by atoms with Crippen LogP contribution in [0.15, 0.2) is 140 Å². The fourth-order valence-corrected chi connectivity index (χ4v) is 31.5. The zero-order valence-corrected chi connectivity index (χ0v) is 73.8. The van der Waals surface area contributed by atoms with Crippen molar-refractivity contribution < 1.29 is 181 Å². The number of cyclic esters (lactones) is 24. The number of hydrogen-bond donors (Lipinski definition) is 0. The minimum atomic E-state index is -1.13. The van der Waals surface area contributed by atoms with Crippen molar-refractivity contribution in [2.45, 2.75) is 44.4 Å². The molecule has 38 nitrogen and oxygen atoms in total. The lowest BCUT2D eigenvalue weighted by Crippen LogP contribution is -2.62. The monoisotopic (exact) mass is 1940 g/mol. The molecular formula is C105H68O38. The molecule has 0 amide bonds. The van der Waals surface area contributed by atoms with Crippen molar-refractivity contribution in [1.82, 2.24) is 0 Å². The number of rotatable bonds is 7. The maximum Gasteiger partial charge on any atom is 0.347 e. The van der Waals surface area contributed by atoms with Crippen LogP contribution in [0.1, 0.15) is 148 Å². The first-order valence-electron chi connectivity index (χ1n) is 47.1. The normalized spacial score (nSPS) is 37.9. The lowest BCUT2D eigenvalue weighted by Gasteiger charge is -2.58. The Morgan fingerprint density at radius 2 is 0.420 bits per heavy atom. The summed E-state index contributed by atoms with van der Waals surface area (Å²) in [5.41, 5.74) is 4.64. The number of fused-ring (bicyclic) bond motifs is 51. The van der Waals surface area contributed by atoms with E-state index in [1.165, 1.54) is 42.5 Å². The Balaban J connectivity index is 0.0000000863. The van der Waals surface area contributed by atoms with Gasteiger partial charge in [-0.1, -0.05) is 42.5 Å². The van der Waals surface area contributed by atoms with E-state index in [2.05, 4.69) is 28.4 Å². The topological polar surface area (TPSA) is 539 Å². The Morgan fingerprint density at radius 3 is 0.699 bits per heavy atom. The summed E-state index contributed by atoms with van der Waals surface area (Å²) in [7, 11) is 0. The van der Waals surface area contributed by atoms with Crippen LogP contribution in [0.5, 0.6) is 23.0 Å². The van der Waals surface area contributed by atoms with Crippen molar-refractivity contribution in [1.29, 1.82) is 0 Å². The SMILES string of the molecule is CC1(c2ccc3c(c2)C(=O)OC3=O)CC(=O)OC1=O.O=C1OC(=O)C2C1C1C3CC(C21)C1C2C(=O)OC(=O)C2C31.O=C1OC(=O)C2C1C1C3CC(C4C5CC(C34)C3C4C(=O)OC(=O)C4C53)C21.O=C1OC(=O)C2C3CC(C12)C1C2C(=O)OC(=O)C2C31.O=C1OC(=O)c2cc(-c3ccc(-c4ccc5c(c4)C(=O)OC5=O)cc3)ccc21.O=C1OC(=O)c2cc(Oc3ccc(Oc4ccc5c(c4)C(=O)OC5=O)cc3)ccc21. The molecule has 25 aliphatic rings. The van der Waals surface area contributed by atoms with Gasteiger partial charge in [-0.15, -0.1) is 0 Å². The van der Waals surface area contributed by atoms with Gasteiger partial charge in [0.2, 0.25) is 0 Å². The van der Waals surface area contributed by atoms with Crippen LogP contribution in [0, 0.1) is 189 Å². The maximum atomic E-state index is 12.1. The number of ether oxygens (including phenoxy) is 14. The molecule has 143 heavy (non-hydrogen) atoms. The van der Waals surface area contributed by atoms with Gasteiger partial charge in [-0.05, 0) is 276 Å². The molecule has 7 aromatic carbocycles. The summed E-state index contributed by atoms with van der Waals surface area (Å²) in [6.07, 6.45) is 3.90. The van der Waals surface area contributed by atoms with Gasteiger partial charge in [-0.3, -0.25) is 67.1 Å². The van der Waals surface area contributed by atoms with Gasteiger partial charge in [-0.25, -0.2) is 47.9 Å². The average Bonchev–Trinajstić information content (AvgIpc) is 1.47. The van der Waals surface area contributed by atoms with Crippen LogP contribution in [0.2, 0.25) is 0 Å². The minimum Gasteiger partial charge on any atom is -0.457 e. The van der Waals surface area contributed by atoms with Crippen LogP contribution in [-0.4, -0.2) is 143 Å². The third-order valence-corrected chi connectivity index (χ3v) is 36.4. The third kappa shape index (κ3) is 11.7. The van der Waals surface area contributed by atoms with Gasteiger partial charge in [0.25, 0.3) is 0 Å². The lowest BCUT2D eigenvalue weighted by molar-refractivity contribution is -0.176. The van der Waals surface area contributed by atoms with Crippen molar-refractivity contribution in [3.8, 4) is 45.3 Å². The molecule has 0 spiro atoms. The number of esters is 24. The van der Waals surface area contributed by atoms with E-state index in [0.29, 0.717) is 87.7 Å². The standard InChI is InChI=1S/C22H10O8.C22H10O6.C20H18O6.C15H12O6.C13H10O6.C13H8O6/c23-19-15-7-5-13(9-17(15)21(25)29-19)27-11-1-2-12(4-3-11)28-14-6-8-16-18(10-14)22(26)30-20(16)24;23-19-15-7-5-13(9-17(15)21(25)27-19)11-1-2-12(4-3-11)14-6-8-16-18(10-14)22(26)28-20(16)24;21-17-13-9-3-1-4(10(9)14(13)18(22)25-17)8-6-2-5(7(3)8)11-12(6)16-15(11)19(23)26-20(16)24;16-12-8-4-2-1-3(6(4)10(8)14(18)20-12)7-5(2)9-11(7)15(19)21-13(9)17;14-10-6-2-1-3(7(6)11(15)18-10)5-4(2)8-9(5)13(17)19-12(8)16;1-13(5-9(14)18-12(13)17)6-2-3-7-8(4-6)11(16)19-10(7)15/h1-10H;1-10H;3-16H,1-2H2;2-11H,1H2;2-9H,1H2;2-4H,5H2,1H3. The Labute approximate surface area is 800 Å². The molecule has 12 heterocycles. The molecule has 38 heteroatoms. The van der Waals surface area contributed by atoms with E-state index in [1.54, 1.807) is 79.7 Å². The zero-order valence-electron chi connectivity index (χ0n) is 73.8. The second kappa shape index (κ2) is 29.7. The first-order chi connectivity index (χ1) is 68.7. The van der Waals surface area contributed by atoms with E-state index in [9.17, 15) is 115 Å². The van der Waals surface area contributed by atoms with Crippen LogP contribution in [0.4, 0.5) is 0 Å². The molecule has 0 radical (unpaired) electrons. The largest absolute Gasteiger partial charge is 0.457 e. The van der Waals surface area contributed by atoms with E-state index >= 15 is 0 Å². The Hall–Kier alpha value is -16.2. The summed E-state index contributed by atoms with van der Waals surface area (Å²) in [6, 6.07) is 37.3. The predicted molar refractivity (Wildman–Crippen MR) is 452 cm³/mol. The molecule has 0 N–H and O–H groups in total. The van der Waals surface area contributed by atoms with Gasteiger partial charge in [0, 0.05) is 0 Å². The molecule has 12 aliphatic heterocycles. The zero-order chi connectivity index (χ0) is 98.5. The fourth-order valence-electron chi connectivity index (χ4n) is 31.5. The van der Waals surface area contributed by atoms with Crippen LogP contribution in [0.25, 0.3) is 22.3 Å². The van der Waals surface area contributed by atoms with Crippen molar-refractivity contribution in [3.63, 3.8) is 0 Å². The van der Waals surface area contributed by atoms with E-state index in [0.717, 1.165) is 47.9 Å². The number of benzene rings is 7. The first-order valence-corrected chi connectivity index (χ1v) is 47.1. The Bertz CT molecular complexity index is 6950. The van der Waals surface area contributed by atoms with Crippen molar-refractivity contribution in [2.24, 2.45) is 189 Å². The van der Waals surface area contributed by atoms with Crippen molar-refractivity contribution in [3.05, 3.63) is 201 Å². The van der Waals surface area contributed by atoms with E-state index in [1.807, 2.05) is 24.3 Å². The highest BCUT2D eigenvalue weighted by atomic mass is 16.6. The molecule has 8 bridgehead atoms. The molecule has 7 aromatic rings. The highest BCUT2D eigenvalue weighted by Crippen LogP contribution is 2.83. The highest BCUT2D eigenvalue weighted by Gasteiger charge is 2.85. The lowest BCUT2D eigenvalue weighted by atomic mass is 9.41. The number of carbonyl (C=O) groups excluding carboxylic acids is 24. The Morgan fingerprint density at radius 1 is 0.203 bits per heavy atom. The Kier molecular flexibility index (Phi) is 17.9. The van der Waals surface area contributed by atoms with Gasteiger partial charge >= 0.3 is 143 Å². The summed E-state index contributed by atoms with van der Waals surface area (Å²) in [5, 5.41) is 0. The smallest absolute Gasteiger partial charge is 0.347 e. The molecule has 20 fully saturated rings. The predicted octanol–water partition coefficient (Wildman–Crippen LogP) is 8.18. The fraction of sp³-hybridized carbons (Fsp3) is 0.371. The number of hydrogen-bond acceptors (Lipinski definition) is 38.